The van der Waals surface area contributed by atoms with Gasteiger partial charge in [-0.3, -0.25) is 0 Å². The van der Waals surface area contributed by atoms with Gasteiger partial charge in [0.1, 0.15) is 0 Å². The van der Waals surface area contributed by atoms with Crippen LogP contribution in [0.25, 0.3) is 0 Å². The van der Waals surface area contributed by atoms with Crippen LogP contribution in [-0.2, 0) is 0 Å². The van der Waals surface area contributed by atoms with Gasteiger partial charge in [0, 0.05) is 11.4 Å². The second kappa shape index (κ2) is 3.55. The predicted octanol–water partition coefficient (Wildman–Crippen LogP) is 2.78. The number of nitrogens with one attached hydrogen (secondary N) is 1. The molecular formula is C9H7NO3S. The van der Waals surface area contributed by atoms with Gasteiger partial charge in [-0.2, -0.15) is 11.3 Å². The summed E-state index contributed by atoms with van der Waals surface area (Å²) < 4.78 is 5.01. The molecule has 0 radical (unpaired) electrons. The molecule has 72 valence electrons. The number of thiophene rings is 1. The van der Waals surface area contributed by atoms with Crippen LogP contribution in [-0.4, -0.2) is 11.1 Å². The molecule has 0 bridgehead atoms. The zero-order chi connectivity index (χ0) is 9.97. The van der Waals surface area contributed by atoms with Crippen LogP contribution < -0.4 is 5.32 Å². The van der Waals surface area contributed by atoms with Crippen molar-refractivity contribution in [3.05, 3.63) is 34.7 Å². The van der Waals surface area contributed by atoms with Gasteiger partial charge in [-0.05, 0) is 17.5 Å². The zero-order valence-electron chi connectivity index (χ0n) is 7.06. The Bertz CT molecular complexity index is 433. The van der Waals surface area contributed by atoms with E-state index < -0.39 is 5.97 Å². The number of hydrogen-bond acceptors (Lipinski definition) is 4. The van der Waals surface area contributed by atoms with E-state index >= 15 is 0 Å². The molecule has 5 heteroatoms. The minimum Gasteiger partial charge on any atom is -0.475 e. The number of carboxylic acid groups (broad SMARTS) is 1. The Morgan fingerprint density at radius 3 is 2.86 bits per heavy atom. The third-order valence-electron chi connectivity index (χ3n) is 1.61. The molecule has 14 heavy (non-hydrogen) atoms. The molecule has 2 aromatic heterocycles. The second-order valence-electron chi connectivity index (χ2n) is 2.61. The molecule has 2 aromatic rings. The maximum atomic E-state index is 10.5. The molecular weight excluding hydrogens is 202 g/mol. The Morgan fingerprint density at radius 1 is 1.43 bits per heavy atom. The van der Waals surface area contributed by atoms with Gasteiger partial charge in [0.05, 0.1) is 5.69 Å². The van der Waals surface area contributed by atoms with E-state index in [1.54, 1.807) is 17.4 Å². The van der Waals surface area contributed by atoms with E-state index in [9.17, 15) is 4.79 Å². The van der Waals surface area contributed by atoms with Crippen LogP contribution in [0.1, 0.15) is 10.6 Å². The summed E-state index contributed by atoms with van der Waals surface area (Å²) in [4.78, 5) is 10.5. The van der Waals surface area contributed by atoms with E-state index in [4.69, 9.17) is 9.52 Å². The highest BCUT2D eigenvalue weighted by atomic mass is 32.1. The highest BCUT2D eigenvalue weighted by Gasteiger charge is 2.08. The van der Waals surface area contributed by atoms with E-state index in [1.807, 2.05) is 16.8 Å². The summed E-state index contributed by atoms with van der Waals surface area (Å²) in [5.41, 5.74) is 0.890. The molecule has 4 nitrogen and oxygen atoms in total. The fraction of sp³-hybridized carbons (Fsp3) is 0. The molecule has 0 saturated heterocycles. The topological polar surface area (TPSA) is 62.5 Å². The average Bonchev–Trinajstić information content (AvgIpc) is 2.75. The van der Waals surface area contributed by atoms with Gasteiger partial charge in [0.2, 0.25) is 5.76 Å². The first-order valence-electron chi connectivity index (χ1n) is 3.88. The third-order valence-corrected chi connectivity index (χ3v) is 2.29. The molecule has 0 spiro atoms. The quantitative estimate of drug-likeness (QED) is 0.815. The number of carboxylic acids is 1. The lowest BCUT2D eigenvalue weighted by Crippen LogP contribution is -1.92. The van der Waals surface area contributed by atoms with Crippen molar-refractivity contribution in [2.24, 2.45) is 0 Å². The lowest BCUT2D eigenvalue weighted by Gasteiger charge is -1.96. The van der Waals surface area contributed by atoms with Crippen molar-refractivity contribution in [2.45, 2.75) is 0 Å². The first-order chi connectivity index (χ1) is 6.75. The Kier molecular flexibility index (Phi) is 2.24. The molecule has 0 aliphatic heterocycles. The summed E-state index contributed by atoms with van der Waals surface area (Å²) in [5, 5.41) is 15.4. The van der Waals surface area contributed by atoms with Crippen LogP contribution in [0.5, 0.6) is 0 Å². The van der Waals surface area contributed by atoms with Crippen molar-refractivity contribution in [2.75, 3.05) is 5.32 Å². The fourth-order valence-electron chi connectivity index (χ4n) is 0.998. The molecule has 0 atom stereocenters. The highest BCUT2D eigenvalue weighted by Crippen LogP contribution is 2.21. The van der Waals surface area contributed by atoms with Gasteiger partial charge in [0.25, 0.3) is 0 Å². The van der Waals surface area contributed by atoms with Gasteiger partial charge in [-0.15, -0.1) is 0 Å². The molecule has 0 saturated carbocycles. The standard InChI is InChI=1S/C9H7NO3S/c11-9(12)7-1-2-8(13-7)10-6-3-4-14-5-6/h1-5,10H,(H,11,12). The smallest absolute Gasteiger partial charge is 0.371 e. The molecule has 0 unspecified atom stereocenters. The van der Waals surface area contributed by atoms with E-state index in [0.29, 0.717) is 5.88 Å². The summed E-state index contributed by atoms with van der Waals surface area (Å²) in [6, 6.07) is 4.88. The van der Waals surface area contributed by atoms with Crippen LogP contribution in [0.3, 0.4) is 0 Å². The van der Waals surface area contributed by atoms with E-state index in [0.717, 1.165) is 5.69 Å². The molecule has 2 heterocycles. The highest BCUT2D eigenvalue weighted by molar-refractivity contribution is 7.08. The summed E-state index contributed by atoms with van der Waals surface area (Å²) in [7, 11) is 0. The zero-order valence-corrected chi connectivity index (χ0v) is 7.88. The fourth-order valence-corrected chi connectivity index (χ4v) is 1.59. The van der Waals surface area contributed by atoms with Gasteiger partial charge in [-0.1, -0.05) is 0 Å². The lowest BCUT2D eigenvalue weighted by atomic mass is 10.4. The first kappa shape index (κ1) is 8.83. The van der Waals surface area contributed by atoms with Crippen molar-refractivity contribution in [3.63, 3.8) is 0 Å². The summed E-state index contributed by atoms with van der Waals surface area (Å²) >= 11 is 1.55. The Balaban J connectivity index is 2.14. The van der Waals surface area contributed by atoms with E-state index in [1.165, 1.54) is 6.07 Å². The summed E-state index contributed by atoms with van der Waals surface area (Å²) in [6.45, 7) is 0. The SMILES string of the molecule is O=C(O)c1ccc(Nc2ccsc2)o1. The number of carbonyl (C=O) groups is 1. The predicted molar refractivity (Wildman–Crippen MR) is 53.3 cm³/mol. The Labute approximate surface area is 83.8 Å². The largest absolute Gasteiger partial charge is 0.475 e. The van der Waals surface area contributed by atoms with Gasteiger partial charge < -0.3 is 14.8 Å². The number of hydrogen-bond donors (Lipinski definition) is 2. The molecule has 0 aromatic carbocycles. The van der Waals surface area contributed by atoms with Crippen molar-refractivity contribution in [1.29, 1.82) is 0 Å². The number of rotatable bonds is 3. The van der Waals surface area contributed by atoms with Gasteiger partial charge in [0.15, 0.2) is 5.88 Å². The molecule has 0 amide bonds. The van der Waals surface area contributed by atoms with E-state index in [-0.39, 0.29) is 5.76 Å². The lowest BCUT2D eigenvalue weighted by molar-refractivity contribution is 0.0663. The number of aromatic carboxylic acids is 1. The van der Waals surface area contributed by atoms with Crippen LogP contribution in [0.4, 0.5) is 11.6 Å². The molecule has 0 aliphatic carbocycles. The van der Waals surface area contributed by atoms with E-state index in [2.05, 4.69) is 5.32 Å². The number of furan rings is 1. The maximum absolute atomic E-state index is 10.5. The summed E-state index contributed by atoms with van der Waals surface area (Å²) in [6.07, 6.45) is 0. The van der Waals surface area contributed by atoms with Crippen LogP contribution in [0, 0.1) is 0 Å². The molecule has 0 aliphatic rings. The Hall–Kier alpha value is -1.75. The normalized spacial score (nSPS) is 10.0. The molecule has 0 fully saturated rings. The minimum atomic E-state index is -1.07. The van der Waals surface area contributed by atoms with Gasteiger partial charge in [-0.25, -0.2) is 4.79 Å². The van der Waals surface area contributed by atoms with Crippen LogP contribution in [0.2, 0.25) is 0 Å². The average molecular weight is 209 g/mol. The van der Waals surface area contributed by atoms with Crippen LogP contribution >= 0.6 is 11.3 Å². The summed E-state index contributed by atoms with van der Waals surface area (Å²) in [5.74, 6) is -0.702. The minimum absolute atomic E-state index is 0.0669. The Morgan fingerprint density at radius 2 is 2.29 bits per heavy atom. The maximum Gasteiger partial charge on any atom is 0.371 e. The van der Waals surface area contributed by atoms with Crippen molar-refractivity contribution < 1.29 is 14.3 Å². The van der Waals surface area contributed by atoms with Crippen molar-refractivity contribution in [1.82, 2.24) is 0 Å². The van der Waals surface area contributed by atoms with Crippen LogP contribution in [0.15, 0.2) is 33.4 Å². The second-order valence-corrected chi connectivity index (χ2v) is 3.39. The molecule has 2 rings (SSSR count). The first-order valence-corrected chi connectivity index (χ1v) is 4.82. The third kappa shape index (κ3) is 1.77. The monoisotopic (exact) mass is 209 g/mol. The van der Waals surface area contributed by atoms with Crippen molar-refractivity contribution in [3.8, 4) is 0 Å². The number of anilines is 2. The van der Waals surface area contributed by atoms with Crippen molar-refractivity contribution >= 4 is 28.9 Å². The molecule has 2 N–H and O–H groups in total. The van der Waals surface area contributed by atoms with Gasteiger partial charge >= 0.3 is 5.97 Å².